The Kier molecular flexibility index (Phi) is 6.12. The molecular weight excluding hydrogens is 407 g/mol. The number of anilines is 1. The molecule has 1 aromatic heterocycles. The topological polar surface area (TPSA) is 63.7 Å². The van der Waals surface area contributed by atoms with E-state index in [0.717, 1.165) is 10.2 Å². The zero-order valence-corrected chi connectivity index (χ0v) is 16.4. The molecule has 0 atom stereocenters. The van der Waals surface area contributed by atoms with E-state index in [2.05, 4.69) is 15.0 Å². The lowest BCUT2D eigenvalue weighted by molar-refractivity contribution is -0.274. The van der Waals surface area contributed by atoms with Gasteiger partial charge in [0.2, 0.25) is 5.91 Å². The Morgan fingerprint density at radius 3 is 2.59 bits per heavy atom. The van der Waals surface area contributed by atoms with Crippen molar-refractivity contribution in [2.75, 3.05) is 25.6 Å². The van der Waals surface area contributed by atoms with Gasteiger partial charge in [0, 0.05) is 13.6 Å². The molecule has 0 saturated carbocycles. The molecule has 1 N–H and O–H groups in total. The number of nitrogens with one attached hydrogen (secondary N) is 1. The maximum atomic E-state index is 12.2. The second-order valence-corrected chi connectivity index (χ2v) is 7.14. The molecule has 0 aliphatic heterocycles. The molecule has 154 valence electrons. The molecule has 0 radical (unpaired) electrons. The van der Waals surface area contributed by atoms with Crippen molar-refractivity contribution in [3.63, 3.8) is 0 Å². The number of alkyl halides is 3. The number of benzene rings is 2. The number of fused-ring (bicyclic) bond motifs is 1. The highest BCUT2D eigenvalue weighted by Crippen LogP contribution is 2.33. The summed E-state index contributed by atoms with van der Waals surface area (Å²) >= 11 is 1.45. The zero-order chi connectivity index (χ0) is 21.0. The number of halogens is 3. The molecule has 0 fully saturated rings. The summed E-state index contributed by atoms with van der Waals surface area (Å²) in [6.45, 7) is 0.268. The second kappa shape index (κ2) is 8.56. The minimum absolute atomic E-state index is 0.0808. The van der Waals surface area contributed by atoms with Crippen LogP contribution in [0.4, 0.5) is 18.3 Å². The SMILES string of the molecule is COc1cccc2sc(N(C)CC(=O)NCc3ccc(OC(F)(F)F)cc3)nc12. The monoisotopic (exact) mass is 425 g/mol. The van der Waals surface area contributed by atoms with E-state index < -0.39 is 6.36 Å². The Hall–Kier alpha value is -3.01. The first-order chi connectivity index (χ1) is 13.7. The van der Waals surface area contributed by atoms with Crippen LogP contribution in [0.3, 0.4) is 0 Å². The largest absolute Gasteiger partial charge is 0.573 e. The van der Waals surface area contributed by atoms with Crippen molar-refractivity contribution in [3.05, 3.63) is 48.0 Å². The molecule has 2 aromatic carbocycles. The second-order valence-electron chi connectivity index (χ2n) is 6.13. The lowest BCUT2D eigenvalue weighted by Gasteiger charge is -2.15. The molecule has 0 spiro atoms. The van der Waals surface area contributed by atoms with Gasteiger partial charge < -0.3 is 19.7 Å². The van der Waals surface area contributed by atoms with Crippen LogP contribution in [0.5, 0.6) is 11.5 Å². The number of hydrogen-bond donors (Lipinski definition) is 1. The van der Waals surface area contributed by atoms with Gasteiger partial charge in [0.05, 0.1) is 18.4 Å². The van der Waals surface area contributed by atoms with E-state index in [1.165, 1.54) is 35.6 Å². The van der Waals surface area contributed by atoms with Crippen LogP contribution in [0, 0.1) is 0 Å². The zero-order valence-electron chi connectivity index (χ0n) is 15.6. The number of amides is 1. The molecule has 3 aromatic rings. The van der Waals surface area contributed by atoms with E-state index in [0.29, 0.717) is 16.4 Å². The van der Waals surface area contributed by atoms with Crippen molar-refractivity contribution < 1.29 is 27.4 Å². The predicted octanol–water partition coefficient (Wildman–Crippen LogP) is 3.96. The summed E-state index contributed by atoms with van der Waals surface area (Å²) in [5.41, 5.74) is 1.39. The van der Waals surface area contributed by atoms with E-state index in [1.54, 1.807) is 19.1 Å². The molecule has 0 bridgehead atoms. The van der Waals surface area contributed by atoms with Gasteiger partial charge in [0.1, 0.15) is 17.0 Å². The van der Waals surface area contributed by atoms with Crippen molar-refractivity contribution in [1.82, 2.24) is 10.3 Å². The fraction of sp³-hybridized carbons (Fsp3) is 0.263. The molecule has 3 rings (SSSR count). The molecule has 0 aliphatic rings. The molecule has 1 heterocycles. The van der Waals surface area contributed by atoms with Crippen LogP contribution in [0.2, 0.25) is 0 Å². The molecule has 6 nitrogen and oxygen atoms in total. The highest BCUT2D eigenvalue weighted by molar-refractivity contribution is 7.22. The Morgan fingerprint density at radius 1 is 1.21 bits per heavy atom. The number of ether oxygens (including phenoxy) is 2. The number of aromatic nitrogens is 1. The summed E-state index contributed by atoms with van der Waals surface area (Å²) in [7, 11) is 3.33. The first-order valence-corrected chi connectivity index (χ1v) is 9.33. The summed E-state index contributed by atoms with van der Waals surface area (Å²) in [5, 5.41) is 3.41. The van der Waals surface area contributed by atoms with E-state index in [-0.39, 0.29) is 24.7 Å². The summed E-state index contributed by atoms with van der Waals surface area (Å²) in [6, 6.07) is 11.0. The lowest BCUT2D eigenvalue weighted by Crippen LogP contribution is -2.34. The summed E-state index contributed by atoms with van der Waals surface area (Å²) in [4.78, 5) is 18.5. The number of hydrogen-bond acceptors (Lipinski definition) is 6. The van der Waals surface area contributed by atoms with E-state index >= 15 is 0 Å². The number of methoxy groups -OCH3 is 1. The summed E-state index contributed by atoms with van der Waals surface area (Å²) < 4.78 is 46.6. The summed E-state index contributed by atoms with van der Waals surface area (Å²) in [6.07, 6.45) is -4.73. The van der Waals surface area contributed by atoms with Gasteiger partial charge in [-0.05, 0) is 29.8 Å². The minimum Gasteiger partial charge on any atom is -0.494 e. The van der Waals surface area contributed by atoms with Crippen molar-refractivity contribution in [2.45, 2.75) is 12.9 Å². The van der Waals surface area contributed by atoms with Gasteiger partial charge in [-0.25, -0.2) is 4.98 Å². The van der Waals surface area contributed by atoms with Crippen LogP contribution in [-0.2, 0) is 11.3 Å². The quantitative estimate of drug-likeness (QED) is 0.621. The van der Waals surface area contributed by atoms with E-state index in [9.17, 15) is 18.0 Å². The van der Waals surface area contributed by atoms with Gasteiger partial charge >= 0.3 is 6.36 Å². The lowest BCUT2D eigenvalue weighted by atomic mass is 10.2. The average Bonchev–Trinajstić information content (AvgIpc) is 3.11. The molecule has 1 amide bonds. The van der Waals surface area contributed by atoms with Gasteiger partial charge in [-0.3, -0.25) is 4.79 Å². The van der Waals surface area contributed by atoms with Gasteiger partial charge in [-0.1, -0.05) is 29.5 Å². The molecular formula is C19H18F3N3O3S. The average molecular weight is 425 g/mol. The Bertz CT molecular complexity index is 990. The molecule has 0 unspecified atom stereocenters. The smallest absolute Gasteiger partial charge is 0.494 e. The highest BCUT2D eigenvalue weighted by atomic mass is 32.1. The predicted molar refractivity (Wildman–Crippen MR) is 104 cm³/mol. The number of likely N-dealkylation sites (N-methyl/N-ethyl adjacent to an activating group) is 1. The summed E-state index contributed by atoms with van der Waals surface area (Å²) in [5.74, 6) is 0.119. The Balaban J connectivity index is 1.55. The van der Waals surface area contributed by atoms with Crippen LogP contribution >= 0.6 is 11.3 Å². The number of para-hydroxylation sites is 1. The molecule has 0 saturated heterocycles. The molecule has 29 heavy (non-hydrogen) atoms. The Morgan fingerprint density at radius 2 is 1.93 bits per heavy atom. The number of carbonyl (C=O) groups excluding carboxylic acids is 1. The minimum atomic E-state index is -4.73. The van der Waals surface area contributed by atoms with Crippen LogP contribution in [0.15, 0.2) is 42.5 Å². The fourth-order valence-electron chi connectivity index (χ4n) is 2.59. The van der Waals surface area contributed by atoms with Crippen molar-refractivity contribution in [3.8, 4) is 11.5 Å². The Labute approximate surface area is 168 Å². The maximum Gasteiger partial charge on any atom is 0.573 e. The number of rotatable bonds is 7. The third kappa shape index (κ3) is 5.50. The number of carbonyl (C=O) groups is 1. The molecule has 0 aliphatic carbocycles. The third-order valence-corrected chi connectivity index (χ3v) is 5.08. The van der Waals surface area contributed by atoms with Gasteiger partial charge in [-0.2, -0.15) is 0 Å². The van der Waals surface area contributed by atoms with E-state index in [4.69, 9.17) is 4.74 Å². The highest BCUT2D eigenvalue weighted by Gasteiger charge is 2.30. The molecule has 10 heteroatoms. The van der Waals surface area contributed by atoms with Crippen molar-refractivity contribution in [2.24, 2.45) is 0 Å². The number of nitrogens with zero attached hydrogens (tertiary/aromatic N) is 2. The van der Waals surface area contributed by atoms with Gasteiger partial charge in [-0.15, -0.1) is 13.2 Å². The van der Waals surface area contributed by atoms with Crippen molar-refractivity contribution >= 4 is 32.6 Å². The normalized spacial score (nSPS) is 11.3. The standard InChI is InChI=1S/C19H18F3N3O3S/c1-25(18-24-17-14(27-2)4-3-5-15(17)29-18)11-16(26)23-10-12-6-8-13(9-7-12)28-19(20,21)22/h3-9H,10-11H2,1-2H3,(H,23,26). The van der Waals surface area contributed by atoms with Gasteiger partial charge in [0.15, 0.2) is 5.13 Å². The first-order valence-electron chi connectivity index (χ1n) is 8.51. The van der Waals surface area contributed by atoms with Crippen LogP contribution in [0.1, 0.15) is 5.56 Å². The van der Waals surface area contributed by atoms with Crippen LogP contribution in [0.25, 0.3) is 10.2 Å². The third-order valence-electron chi connectivity index (χ3n) is 3.94. The van der Waals surface area contributed by atoms with Gasteiger partial charge in [0.25, 0.3) is 0 Å². The number of thiazole rings is 1. The van der Waals surface area contributed by atoms with Crippen molar-refractivity contribution in [1.29, 1.82) is 0 Å². The van der Waals surface area contributed by atoms with Crippen LogP contribution in [-0.4, -0.2) is 38.0 Å². The fourth-order valence-corrected chi connectivity index (χ4v) is 3.53. The van der Waals surface area contributed by atoms with Crippen LogP contribution < -0.4 is 19.7 Å². The first kappa shape index (κ1) is 20.7. The maximum absolute atomic E-state index is 12.2. The van der Waals surface area contributed by atoms with E-state index in [1.807, 2.05) is 18.2 Å².